The highest BCUT2D eigenvalue weighted by atomic mass is 28.4. The van der Waals surface area contributed by atoms with Crippen LogP contribution in [-0.4, -0.2) is 37.8 Å². The molecule has 146 valence electrons. The lowest BCUT2D eigenvalue weighted by molar-refractivity contribution is 0.198. The Morgan fingerprint density at radius 2 is 1.44 bits per heavy atom. The molecule has 0 radical (unpaired) electrons. The van der Waals surface area contributed by atoms with Gasteiger partial charge in [-0.05, 0) is 28.3 Å². The molecular weight excluding hydrogens is 352 g/mol. The Hall–Kier alpha value is -1.72. The summed E-state index contributed by atoms with van der Waals surface area (Å²) in [5, 5.41) is 20.9. The molecule has 27 heavy (non-hydrogen) atoms. The molecule has 0 saturated carbocycles. The number of hydrogen-bond acceptors (Lipinski definition) is 3. The van der Waals surface area contributed by atoms with Gasteiger partial charge < -0.3 is 14.6 Å². The van der Waals surface area contributed by atoms with Gasteiger partial charge in [0.15, 0.2) is 0 Å². The summed E-state index contributed by atoms with van der Waals surface area (Å²) in [5.41, 5.74) is 0. The Morgan fingerprint density at radius 1 is 0.926 bits per heavy atom. The second-order valence-corrected chi connectivity index (χ2v) is 12.0. The summed E-state index contributed by atoms with van der Waals surface area (Å²) in [5.74, 6) is 0. The molecule has 0 bridgehead atoms. The molecule has 2 rings (SSSR count). The van der Waals surface area contributed by atoms with Gasteiger partial charge in [0.25, 0.3) is 8.32 Å². The van der Waals surface area contributed by atoms with Gasteiger partial charge in [-0.1, -0.05) is 93.6 Å². The molecule has 2 N–H and O–H groups in total. The molecule has 0 amide bonds. The molecule has 0 aliphatic rings. The fourth-order valence-corrected chi connectivity index (χ4v) is 8.28. The first-order chi connectivity index (χ1) is 13.0. The van der Waals surface area contributed by atoms with Crippen molar-refractivity contribution in [1.82, 2.24) is 0 Å². The lowest BCUT2D eigenvalue weighted by Crippen LogP contribution is -2.67. The lowest BCUT2D eigenvalue weighted by Gasteiger charge is -2.44. The molecule has 0 spiro atoms. The monoisotopic (exact) mass is 384 g/mol. The molecule has 1 atom stereocenters. The fourth-order valence-electron chi connectivity index (χ4n) is 3.62. The van der Waals surface area contributed by atoms with E-state index < -0.39 is 8.32 Å². The first-order valence-corrected chi connectivity index (χ1v) is 11.5. The lowest BCUT2D eigenvalue weighted by atomic mass is 10.2. The van der Waals surface area contributed by atoms with Crippen LogP contribution in [0.5, 0.6) is 0 Å². The molecular formula is C23H32O3Si. The predicted octanol–water partition coefficient (Wildman–Crippen LogP) is 3.25. The van der Waals surface area contributed by atoms with Crippen LogP contribution in [0.3, 0.4) is 0 Å². The van der Waals surface area contributed by atoms with Crippen molar-refractivity contribution in [2.75, 3.05) is 13.2 Å². The highest BCUT2D eigenvalue weighted by Crippen LogP contribution is 2.38. The Bertz CT molecular complexity index is 653. The summed E-state index contributed by atoms with van der Waals surface area (Å²) >= 11 is 0. The maximum atomic E-state index is 9.32. The summed E-state index contributed by atoms with van der Waals surface area (Å²) in [6.07, 6.45) is 4.90. The fraction of sp³-hybridized carbons (Fsp3) is 0.391. The Morgan fingerprint density at radius 3 is 1.85 bits per heavy atom. The minimum atomic E-state index is -2.63. The number of rotatable bonds is 9. The van der Waals surface area contributed by atoms with Crippen LogP contribution in [0.4, 0.5) is 0 Å². The SMILES string of the molecule is CC(C)(C)[Si](OC(/C=C/CO)CCCO)(c1ccccc1)c1ccccc1. The van der Waals surface area contributed by atoms with Gasteiger partial charge in [0.1, 0.15) is 0 Å². The first kappa shape index (κ1) is 21.6. The minimum absolute atomic E-state index is 0.0142. The molecule has 4 heteroatoms. The van der Waals surface area contributed by atoms with Gasteiger partial charge in [-0.2, -0.15) is 0 Å². The third kappa shape index (κ3) is 5.17. The van der Waals surface area contributed by atoms with Crippen LogP contribution >= 0.6 is 0 Å². The Balaban J connectivity index is 2.62. The third-order valence-corrected chi connectivity index (χ3v) is 9.91. The number of hydrogen-bond donors (Lipinski definition) is 2. The summed E-state index contributed by atoms with van der Waals surface area (Å²) < 4.78 is 7.01. The highest BCUT2D eigenvalue weighted by molar-refractivity contribution is 6.99. The summed E-state index contributed by atoms with van der Waals surface area (Å²) in [6.45, 7) is 6.86. The first-order valence-electron chi connectivity index (χ1n) is 9.63. The van der Waals surface area contributed by atoms with Crippen LogP contribution in [0, 0.1) is 0 Å². The van der Waals surface area contributed by atoms with Crippen LogP contribution in [0.2, 0.25) is 5.04 Å². The van der Waals surface area contributed by atoms with E-state index in [2.05, 4.69) is 69.3 Å². The van der Waals surface area contributed by atoms with Crippen molar-refractivity contribution in [3.63, 3.8) is 0 Å². The van der Waals surface area contributed by atoms with Gasteiger partial charge in [0.05, 0.1) is 12.7 Å². The van der Waals surface area contributed by atoms with E-state index >= 15 is 0 Å². The van der Waals surface area contributed by atoms with Crippen molar-refractivity contribution in [2.45, 2.75) is 44.8 Å². The zero-order chi connectivity index (χ0) is 19.8. The van der Waals surface area contributed by atoms with Gasteiger partial charge in [0.2, 0.25) is 0 Å². The van der Waals surface area contributed by atoms with E-state index in [9.17, 15) is 10.2 Å². The molecule has 2 aromatic carbocycles. The number of aliphatic hydroxyl groups excluding tert-OH is 2. The van der Waals surface area contributed by atoms with Crippen LogP contribution in [-0.2, 0) is 4.43 Å². The van der Waals surface area contributed by atoms with E-state index in [0.717, 1.165) is 6.42 Å². The normalized spacial score (nSPS) is 13.8. The quantitative estimate of drug-likeness (QED) is 0.515. The zero-order valence-corrected chi connectivity index (χ0v) is 17.6. The van der Waals surface area contributed by atoms with E-state index in [1.54, 1.807) is 6.08 Å². The van der Waals surface area contributed by atoms with Gasteiger partial charge >= 0.3 is 0 Å². The van der Waals surface area contributed by atoms with E-state index in [4.69, 9.17) is 4.43 Å². The van der Waals surface area contributed by atoms with E-state index in [0.29, 0.717) is 6.42 Å². The predicted molar refractivity (Wildman–Crippen MR) is 115 cm³/mol. The van der Waals surface area contributed by atoms with Crippen molar-refractivity contribution in [3.8, 4) is 0 Å². The van der Waals surface area contributed by atoms with Crippen LogP contribution in [0.25, 0.3) is 0 Å². The molecule has 2 aromatic rings. The average Bonchev–Trinajstić information content (AvgIpc) is 2.68. The number of aliphatic hydroxyl groups is 2. The topological polar surface area (TPSA) is 49.7 Å². The second kappa shape index (κ2) is 9.99. The molecule has 3 nitrogen and oxygen atoms in total. The van der Waals surface area contributed by atoms with Gasteiger partial charge in [0, 0.05) is 6.61 Å². The van der Waals surface area contributed by atoms with E-state index in [1.807, 2.05) is 18.2 Å². The molecule has 0 aliphatic carbocycles. The summed E-state index contributed by atoms with van der Waals surface area (Å²) in [6, 6.07) is 21.0. The summed E-state index contributed by atoms with van der Waals surface area (Å²) in [4.78, 5) is 0. The van der Waals surface area contributed by atoms with E-state index in [1.165, 1.54) is 10.4 Å². The molecule has 0 saturated heterocycles. The van der Waals surface area contributed by atoms with Gasteiger partial charge in [-0.25, -0.2) is 0 Å². The standard InChI is InChI=1S/C23H32O3Si/c1-23(2,3)27(21-14-6-4-7-15-21,22-16-8-5-9-17-22)26-20(12-10-18-24)13-11-19-25/h4-10,12,14-17,20,24-25H,11,13,18-19H2,1-3H3/b12-10+. The van der Waals surface area contributed by atoms with Crippen molar-refractivity contribution in [2.24, 2.45) is 0 Å². The zero-order valence-electron chi connectivity index (χ0n) is 16.6. The van der Waals surface area contributed by atoms with Crippen LogP contribution in [0.15, 0.2) is 72.8 Å². The third-order valence-electron chi connectivity index (χ3n) is 4.85. The molecule has 0 heterocycles. The average molecular weight is 385 g/mol. The molecule has 1 unspecified atom stereocenters. The Kier molecular flexibility index (Phi) is 7.99. The maximum absolute atomic E-state index is 9.32. The van der Waals surface area contributed by atoms with Crippen molar-refractivity contribution in [3.05, 3.63) is 72.8 Å². The second-order valence-electron chi connectivity index (χ2n) is 7.80. The number of benzene rings is 2. The largest absolute Gasteiger partial charge is 0.401 e. The molecule has 0 aliphatic heterocycles. The van der Waals surface area contributed by atoms with Crippen molar-refractivity contribution >= 4 is 18.7 Å². The van der Waals surface area contributed by atoms with E-state index in [-0.39, 0.29) is 24.4 Å². The van der Waals surface area contributed by atoms with Gasteiger partial charge in [-0.15, -0.1) is 0 Å². The van der Waals surface area contributed by atoms with Crippen LogP contribution in [0.1, 0.15) is 33.6 Å². The van der Waals surface area contributed by atoms with Gasteiger partial charge in [-0.3, -0.25) is 0 Å². The highest BCUT2D eigenvalue weighted by Gasteiger charge is 2.51. The molecule has 0 aromatic heterocycles. The van der Waals surface area contributed by atoms with Crippen molar-refractivity contribution < 1.29 is 14.6 Å². The summed E-state index contributed by atoms with van der Waals surface area (Å²) in [7, 11) is -2.63. The van der Waals surface area contributed by atoms with Crippen molar-refractivity contribution in [1.29, 1.82) is 0 Å². The van der Waals surface area contributed by atoms with Crippen LogP contribution < -0.4 is 10.4 Å². The maximum Gasteiger partial charge on any atom is 0.261 e. The molecule has 0 fully saturated rings. The minimum Gasteiger partial charge on any atom is -0.401 e. The smallest absolute Gasteiger partial charge is 0.261 e. The Labute approximate surface area is 164 Å².